The smallest absolute Gasteiger partial charge is 0.272 e. The van der Waals surface area contributed by atoms with Gasteiger partial charge in [-0.25, -0.2) is 4.68 Å². The van der Waals surface area contributed by atoms with Gasteiger partial charge in [-0.3, -0.25) is 10.2 Å². The number of benzene rings is 1. The highest BCUT2D eigenvalue weighted by Gasteiger charge is 2.16. The summed E-state index contributed by atoms with van der Waals surface area (Å²) in [5.74, 6) is -0.536. The van der Waals surface area contributed by atoms with E-state index in [0.29, 0.717) is 5.56 Å². The predicted octanol–water partition coefficient (Wildman–Crippen LogP) is 0.0818. The molecular formula is C10H10N4O2. The fraction of sp³-hybridized carbons (Fsp3) is 0.100. The molecule has 6 nitrogen and oxygen atoms in total. The lowest BCUT2D eigenvalue weighted by Gasteiger charge is -2.11. The molecule has 1 aromatic heterocycles. The van der Waals surface area contributed by atoms with Gasteiger partial charge in [0.05, 0.1) is 0 Å². The lowest BCUT2D eigenvalue weighted by atomic mass is 10.1. The Labute approximate surface area is 91.5 Å². The molecule has 1 aromatic carbocycles. The van der Waals surface area contributed by atoms with Crippen LogP contribution in [0.15, 0.2) is 43.0 Å². The third-order valence-electron chi connectivity index (χ3n) is 2.02. The number of aliphatic hydroxyl groups is 1. The van der Waals surface area contributed by atoms with Crippen LogP contribution in [0.5, 0.6) is 0 Å². The van der Waals surface area contributed by atoms with E-state index in [1.807, 2.05) is 6.07 Å². The van der Waals surface area contributed by atoms with Crippen molar-refractivity contribution in [2.75, 3.05) is 5.43 Å². The molecule has 0 aliphatic heterocycles. The van der Waals surface area contributed by atoms with Gasteiger partial charge in [0.25, 0.3) is 5.91 Å². The van der Waals surface area contributed by atoms with E-state index in [2.05, 4.69) is 15.6 Å². The number of aromatic nitrogens is 3. The minimum Gasteiger partial charge on any atom is -0.378 e. The minimum absolute atomic E-state index is 0.535. The first-order valence-corrected chi connectivity index (χ1v) is 4.66. The van der Waals surface area contributed by atoms with Gasteiger partial charge in [-0.05, 0) is 5.56 Å². The molecular weight excluding hydrogens is 208 g/mol. The van der Waals surface area contributed by atoms with Gasteiger partial charge >= 0.3 is 0 Å². The predicted molar refractivity (Wildman–Crippen MR) is 55.8 cm³/mol. The molecule has 82 valence electrons. The largest absolute Gasteiger partial charge is 0.378 e. The number of carbonyl (C=O) groups excluding carboxylic acids is 1. The lowest BCUT2D eigenvalue weighted by Crippen LogP contribution is -2.27. The van der Waals surface area contributed by atoms with E-state index in [1.54, 1.807) is 24.3 Å². The van der Waals surface area contributed by atoms with E-state index in [0.717, 1.165) is 0 Å². The second kappa shape index (κ2) is 4.54. The average Bonchev–Trinajstić information content (AvgIpc) is 2.82. The Morgan fingerprint density at radius 2 is 1.88 bits per heavy atom. The number of hydrogen-bond donors (Lipinski definition) is 2. The van der Waals surface area contributed by atoms with E-state index >= 15 is 0 Å². The molecule has 0 saturated heterocycles. The molecule has 2 aromatic rings. The number of nitrogens with zero attached hydrogens (tertiary/aromatic N) is 3. The van der Waals surface area contributed by atoms with Crippen LogP contribution in [-0.4, -0.2) is 25.9 Å². The molecule has 0 radical (unpaired) electrons. The number of rotatable bonds is 3. The Morgan fingerprint density at radius 1 is 1.25 bits per heavy atom. The molecule has 1 heterocycles. The molecule has 2 N–H and O–H groups in total. The maximum Gasteiger partial charge on any atom is 0.272 e. The van der Waals surface area contributed by atoms with Gasteiger partial charge in [0.2, 0.25) is 0 Å². The molecule has 16 heavy (non-hydrogen) atoms. The molecule has 1 unspecified atom stereocenters. The fourth-order valence-corrected chi connectivity index (χ4v) is 1.23. The molecule has 1 amide bonds. The van der Waals surface area contributed by atoms with Crippen molar-refractivity contribution in [1.82, 2.24) is 14.9 Å². The molecule has 0 saturated carbocycles. The molecule has 0 spiro atoms. The zero-order valence-corrected chi connectivity index (χ0v) is 8.32. The SMILES string of the molecule is O=C(Nn1cnnc1)C(O)c1ccccc1. The van der Waals surface area contributed by atoms with Crippen LogP contribution >= 0.6 is 0 Å². The average molecular weight is 218 g/mol. The summed E-state index contributed by atoms with van der Waals surface area (Å²) in [4.78, 5) is 11.6. The third kappa shape index (κ3) is 2.23. The summed E-state index contributed by atoms with van der Waals surface area (Å²) in [5.41, 5.74) is 2.96. The van der Waals surface area contributed by atoms with E-state index in [1.165, 1.54) is 17.3 Å². The van der Waals surface area contributed by atoms with Gasteiger partial charge in [0, 0.05) is 0 Å². The summed E-state index contributed by atoms with van der Waals surface area (Å²) >= 11 is 0. The normalized spacial score (nSPS) is 12.1. The summed E-state index contributed by atoms with van der Waals surface area (Å²) in [6, 6.07) is 8.68. The Bertz CT molecular complexity index is 455. The van der Waals surface area contributed by atoms with Crippen LogP contribution in [0.2, 0.25) is 0 Å². The summed E-state index contributed by atoms with van der Waals surface area (Å²) in [5, 5.41) is 16.8. The number of nitrogens with one attached hydrogen (secondary N) is 1. The summed E-state index contributed by atoms with van der Waals surface area (Å²) in [7, 11) is 0. The van der Waals surface area contributed by atoms with Crippen LogP contribution in [0.3, 0.4) is 0 Å². The highest BCUT2D eigenvalue weighted by atomic mass is 16.3. The van der Waals surface area contributed by atoms with Crippen LogP contribution < -0.4 is 5.43 Å². The minimum atomic E-state index is -1.20. The first kappa shape index (κ1) is 10.3. The molecule has 2 rings (SSSR count). The lowest BCUT2D eigenvalue weighted by molar-refractivity contribution is -0.125. The van der Waals surface area contributed by atoms with Crippen LogP contribution in [-0.2, 0) is 4.79 Å². The molecule has 6 heteroatoms. The van der Waals surface area contributed by atoms with Crippen LogP contribution in [0.25, 0.3) is 0 Å². The van der Waals surface area contributed by atoms with Gasteiger partial charge in [-0.1, -0.05) is 30.3 Å². The van der Waals surface area contributed by atoms with Crippen molar-refractivity contribution in [3.8, 4) is 0 Å². The third-order valence-corrected chi connectivity index (χ3v) is 2.02. The monoisotopic (exact) mass is 218 g/mol. The van der Waals surface area contributed by atoms with E-state index in [-0.39, 0.29) is 0 Å². The Balaban J connectivity index is 2.05. The summed E-state index contributed by atoms with van der Waals surface area (Å²) in [6.45, 7) is 0. The van der Waals surface area contributed by atoms with Gasteiger partial charge < -0.3 is 5.11 Å². The Hall–Kier alpha value is -2.21. The maximum absolute atomic E-state index is 11.6. The van der Waals surface area contributed by atoms with E-state index < -0.39 is 12.0 Å². The first-order chi connectivity index (χ1) is 7.77. The summed E-state index contributed by atoms with van der Waals surface area (Å²) in [6.07, 6.45) is 1.45. The van der Waals surface area contributed by atoms with Crippen molar-refractivity contribution < 1.29 is 9.90 Å². The topological polar surface area (TPSA) is 80.0 Å². The number of carbonyl (C=O) groups is 1. The van der Waals surface area contributed by atoms with Crippen molar-refractivity contribution in [2.24, 2.45) is 0 Å². The second-order valence-electron chi connectivity index (χ2n) is 3.16. The standard InChI is InChI=1S/C10H10N4O2/c15-9(8-4-2-1-3-5-8)10(16)13-14-6-11-12-7-14/h1-7,9,15H,(H,13,16). The number of amides is 1. The maximum atomic E-state index is 11.6. The second-order valence-corrected chi connectivity index (χ2v) is 3.16. The van der Waals surface area contributed by atoms with E-state index in [4.69, 9.17) is 0 Å². The quantitative estimate of drug-likeness (QED) is 0.764. The van der Waals surface area contributed by atoms with Crippen molar-refractivity contribution >= 4 is 5.91 Å². The van der Waals surface area contributed by atoms with Crippen molar-refractivity contribution in [2.45, 2.75) is 6.10 Å². The van der Waals surface area contributed by atoms with Crippen molar-refractivity contribution in [3.05, 3.63) is 48.5 Å². The molecule has 0 aliphatic carbocycles. The van der Waals surface area contributed by atoms with Gasteiger partial charge in [0.1, 0.15) is 12.7 Å². The molecule has 0 bridgehead atoms. The van der Waals surface area contributed by atoms with Crippen LogP contribution in [0.4, 0.5) is 0 Å². The van der Waals surface area contributed by atoms with E-state index in [9.17, 15) is 9.90 Å². The molecule has 0 fully saturated rings. The molecule has 1 atom stereocenters. The van der Waals surface area contributed by atoms with Gasteiger partial charge in [-0.15, -0.1) is 10.2 Å². The Morgan fingerprint density at radius 3 is 2.50 bits per heavy atom. The number of aliphatic hydroxyl groups excluding tert-OH is 1. The highest BCUT2D eigenvalue weighted by molar-refractivity contribution is 5.88. The van der Waals surface area contributed by atoms with Crippen LogP contribution in [0.1, 0.15) is 11.7 Å². The van der Waals surface area contributed by atoms with Crippen molar-refractivity contribution in [3.63, 3.8) is 0 Å². The van der Waals surface area contributed by atoms with Crippen LogP contribution in [0, 0.1) is 0 Å². The highest BCUT2D eigenvalue weighted by Crippen LogP contribution is 2.11. The zero-order valence-electron chi connectivity index (χ0n) is 8.32. The number of hydrogen-bond acceptors (Lipinski definition) is 4. The van der Waals surface area contributed by atoms with Gasteiger partial charge in [0.15, 0.2) is 6.10 Å². The summed E-state index contributed by atoms with van der Waals surface area (Å²) < 4.78 is 1.27. The Kier molecular flexibility index (Phi) is 2.93. The van der Waals surface area contributed by atoms with Gasteiger partial charge in [-0.2, -0.15) is 0 Å². The molecule has 0 aliphatic rings. The zero-order chi connectivity index (χ0) is 11.4. The first-order valence-electron chi connectivity index (χ1n) is 4.66. The fourth-order valence-electron chi connectivity index (χ4n) is 1.23. The van der Waals surface area contributed by atoms with Crippen molar-refractivity contribution in [1.29, 1.82) is 0 Å².